The molecule has 7 heteroatoms. The summed E-state index contributed by atoms with van der Waals surface area (Å²) in [7, 11) is 0. The Morgan fingerprint density at radius 3 is 2.50 bits per heavy atom. The number of esters is 1. The van der Waals surface area contributed by atoms with Gasteiger partial charge < -0.3 is 14.6 Å². The van der Waals surface area contributed by atoms with Crippen LogP contribution in [0, 0.1) is 0 Å². The summed E-state index contributed by atoms with van der Waals surface area (Å²) in [5.41, 5.74) is 0.497. The van der Waals surface area contributed by atoms with Crippen molar-refractivity contribution in [2.45, 2.75) is 33.2 Å². The fraction of sp³-hybridized carbons (Fsp3) is 0.474. The monoisotopic (exact) mass is 380 g/mol. The largest absolute Gasteiger partial charge is 0.524 e. The van der Waals surface area contributed by atoms with Crippen molar-refractivity contribution in [3.8, 4) is 5.75 Å². The molecule has 6 nitrogen and oxygen atoms in total. The summed E-state index contributed by atoms with van der Waals surface area (Å²) in [5.74, 6) is 0.889. The number of hydrogen-bond acceptors (Lipinski definition) is 5. The van der Waals surface area contributed by atoms with Gasteiger partial charge in [-0.1, -0.05) is 0 Å². The van der Waals surface area contributed by atoms with Gasteiger partial charge in [-0.2, -0.15) is 16.6 Å². The lowest BCUT2D eigenvalue weighted by molar-refractivity contribution is -0.140. The van der Waals surface area contributed by atoms with Gasteiger partial charge in [0.1, 0.15) is 11.3 Å². The molecule has 1 heterocycles. The summed E-state index contributed by atoms with van der Waals surface area (Å²) in [6, 6.07) is 5.26. The van der Waals surface area contributed by atoms with E-state index in [4.69, 9.17) is 9.47 Å². The van der Waals surface area contributed by atoms with Crippen molar-refractivity contribution >= 4 is 35.6 Å². The zero-order chi connectivity index (χ0) is 19.5. The highest BCUT2D eigenvalue weighted by atomic mass is 32.2. The molecule has 1 amide bonds. The van der Waals surface area contributed by atoms with Gasteiger partial charge in [0, 0.05) is 23.5 Å². The maximum absolute atomic E-state index is 12.6. The van der Waals surface area contributed by atoms with Gasteiger partial charge in [0.15, 0.2) is 5.69 Å². The number of quaternary nitrogens is 1. The van der Waals surface area contributed by atoms with Crippen LogP contribution in [0.3, 0.4) is 0 Å². The third-order valence-corrected chi connectivity index (χ3v) is 4.92. The Bertz CT molecular complexity index is 738. The van der Waals surface area contributed by atoms with Crippen molar-refractivity contribution in [3.63, 3.8) is 0 Å². The number of hydrogen-bond donors (Lipinski definition) is 1. The zero-order valence-electron chi connectivity index (χ0n) is 15.9. The molecule has 142 valence electrons. The molecule has 1 atom stereocenters. The molecule has 1 N–H and O–H groups in total. The molecule has 0 radical (unpaired) electrons. The molecule has 0 saturated carbocycles. The van der Waals surface area contributed by atoms with Crippen LogP contribution in [0.1, 0.15) is 33.3 Å². The highest BCUT2D eigenvalue weighted by molar-refractivity contribution is 7.98. The lowest BCUT2D eigenvalue weighted by Crippen LogP contribution is -2.64. The first kappa shape index (κ1) is 20.3. The van der Waals surface area contributed by atoms with Gasteiger partial charge in [0.25, 0.3) is 0 Å². The first-order valence-corrected chi connectivity index (χ1v) is 9.88. The number of benzene rings is 1. The molecule has 0 aliphatic carbocycles. The van der Waals surface area contributed by atoms with Crippen LogP contribution in [-0.4, -0.2) is 47.9 Å². The molecule has 1 unspecified atom stereocenters. The average Bonchev–Trinajstić information content (AvgIpc) is 2.90. The second-order valence-electron chi connectivity index (χ2n) is 6.94. The molecule has 26 heavy (non-hydrogen) atoms. The van der Waals surface area contributed by atoms with Crippen molar-refractivity contribution in [2.24, 2.45) is 0 Å². The van der Waals surface area contributed by atoms with E-state index in [0.717, 1.165) is 5.75 Å². The van der Waals surface area contributed by atoms with Gasteiger partial charge in [0.05, 0.1) is 13.2 Å². The number of fused-ring (bicyclic) bond motifs is 1. The van der Waals surface area contributed by atoms with E-state index >= 15 is 0 Å². The molecule has 0 bridgehead atoms. The highest BCUT2D eigenvalue weighted by Gasteiger charge is 2.60. The van der Waals surface area contributed by atoms with Gasteiger partial charge in [0.2, 0.25) is 5.70 Å². The number of thioether (sulfide) groups is 1. The fourth-order valence-corrected chi connectivity index (χ4v) is 3.53. The van der Waals surface area contributed by atoms with Crippen molar-refractivity contribution in [2.75, 3.05) is 25.2 Å². The second-order valence-corrected chi connectivity index (χ2v) is 7.92. The second kappa shape index (κ2) is 7.72. The Balaban J connectivity index is 2.59. The lowest BCUT2D eigenvalue weighted by atomic mass is 9.99. The van der Waals surface area contributed by atoms with E-state index in [1.807, 2.05) is 6.26 Å². The number of amides is 1. The van der Waals surface area contributed by atoms with Crippen LogP contribution in [0.25, 0.3) is 6.08 Å². The van der Waals surface area contributed by atoms with Crippen LogP contribution in [0.5, 0.6) is 5.75 Å². The van der Waals surface area contributed by atoms with Crippen LogP contribution in [-0.2, 0) is 9.53 Å². The minimum Gasteiger partial charge on any atom is -0.493 e. The summed E-state index contributed by atoms with van der Waals surface area (Å²) in [5, 5.41) is 10.2. The molecular weight excluding hydrogens is 354 g/mol. The third kappa shape index (κ3) is 3.33. The summed E-state index contributed by atoms with van der Waals surface area (Å²) >= 11 is 1.68. The van der Waals surface area contributed by atoms with E-state index < -0.39 is 22.1 Å². The van der Waals surface area contributed by atoms with E-state index in [1.54, 1.807) is 63.7 Å². The highest BCUT2D eigenvalue weighted by Crippen LogP contribution is 2.48. The molecule has 1 aromatic carbocycles. The van der Waals surface area contributed by atoms with E-state index in [2.05, 4.69) is 0 Å². The van der Waals surface area contributed by atoms with Crippen molar-refractivity contribution < 1.29 is 24.2 Å². The molecule has 1 aromatic rings. The first-order valence-electron chi connectivity index (χ1n) is 8.48. The van der Waals surface area contributed by atoms with Gasteiger partial charge in [-0.25, -0.2) is 4.79 Å². The fourth-order valence-electron chi connectivity index (χ4n) is 3.28. The van der Waals surface area contributed by atoms with Gasteiger partial charge in [-0.05, 0) is 46.1 Å². The maximum atomic E-state index is 12.6. The third-order valence-electron chi connectivity index (χ3n) is 4.35. The minimum absolute atomic E-state index is 0.100. The quantitative estimate of drug-likeness (QED) is 0.454. The Morgan fingerprint density at radius 1 is 1.27 bits per heavy atom. The Labute approximate surface area is 158 Å². The molecule has 0 fully saturated rings. The molecule has 0 saturated heterocycles. The number of rotatable bonds is 6. The van der Waals surface area contributed by atoms with Crippen molar-refractivity contribution in [1.82, 2.24) is 4.48 Å². The van der Waals surface area contributed by atoms with Crippen LogP contribution >= 0.6 is 11.8 Å². The predicted octanol–water partition coefficient (Wildman–Crippen LogP) is 4.13. The van der Waals surface area contributed by atoms with Gasteiger partial charge >= 0.3 is 12.1 Å². The first-order chi connectivity index (χ1) is 12.2. The molecule has 1 aliphatic heterocycles. The topological polar surface area (TPSA) is 72.8 Å². The van der Waals surface area contributed by atoms with Crippen LogP contribution in [0.4, 0.5) is 10.5 Å². The Kier molecular flexibility index (Phi) is 6.03. The summed E-state index contributed by atoms with van der Waals surface area (Å²) < 4.78 is 10.3. The smallest absolute Gasteiger partial charge is 0.493 e. The van der Waals surface area contributed by atoms with Gasteiger partial charge in [-0.15, -0.1) is 4.48 Å². The predicted molar refractivity (Wildman–Crippen MR) is 105 cm³/mol. The normalized spacial score (nSPS) is 18.9. The standard InChI is InChI=1S/C19H25NO5S/c1-6-24-17(21)16-12-13-11-14(25-9-10-26-5)7-8-15(13)20(16,18(22)23)19(2,3)4/h7-8,11-12H,6,9-10H2,1-5H3/p+1. The van der Waals surface area contributed by atoms with E-state index in [9.17, 15) is 14.7 Å². The number of carbonyl (C=O) groups is 2. The number of ether oxygens (including phenoxy) is 2. The van der Waals surface area contributed by atoms with E-state index in [-0.39, 0.29) is 12.3 Å². The van der Waals surface area contributed by atoms with Crippen LogP contribution in [0.15, 0.2) is 23.9 Å². The molecule has 0 spiro atoms. The number of nitrogens with zero attached hydrogens (tertiary/aromatic N) is 1. The molecule has 1 aliphatic rings. The Hall–Kier alpha value is -1.99. The minimum atomic E-state index is -1.12. The Morgan fingerprint density at radius 2 is 1.96 bits per heavy atom. The molecule has 0 aromatic heterocycles. The van der Waals surface area contributed by atoms with Crippen LogP contribution in [0.2, 0.25) is 0 Å². The van der Waals surface area contributed by atoms with E-state index in [0.29, 0.717) is 23.6 Å². The van der Waals surface area contributed by atoms with Crippen LogP contribution < -0.4 is 9.22 Å². The summed E-state index contributed by atoms with van der Waals surface area (Å²) in [4.78, 5) is 25.0. The van der Waals surface area contributed by atoms with Crippen molar-refractivity contribution in [3.05, 3.63) is 29.5 Å². The summed E-state index contributed by atoms with van der Waals surface area (Å²) in [6.45, 7) is 7.83. The maximum Gasteiger partial charge on any atom is 0.524 e. The van der Waals surface area contributed by atoms with Crippen molar-refractivity contribution in [1.29, 1.82) is 0 Å². The summed E-state index contributed by atoms with van der Waals surface area (Å²) in [6.07, 6.45) is 2.49. The lowest BCUT2D eigenvalue weighted by Gasteiger charge is -2.40. The van der Waals surface area contributed by atoms with E-state index in [1.165, 1.54) is 0 Å². The average molecular weight is 380 g/mol. The zero-order valence-corrected chi connectivity index (χ0v) is 16.7. The molecular formula is C19H26NO5S+. The number of carbonyl (C=O) groups excluding carboxylic acids is 1. The SMILES string of the molecule is CCOC(=O)C1=Cc2cc(OCCSC)ccc2[N+]1(C(=O)O)C(C)(C)C. The van der Waals surface area contributed by atoms with Gasteiger partial charge in [-0.3, -0.25) is 0 Å². The number of carboxylic acid groups (broad SMARTS) is 1. The molecule has 2 rings (SSSR count).